The molecule has 6 heteroatoms. The summed E-state index contributed by atoms with van der Waals surface area (Å²) in [6, 6.07) is 10.5. The highest BCUT2D eigenvalue weighted by atomic mass is 35.5. The molecule has 1 atom stereocenters. The van der Waals surface area contributed by atoms with E-state index in [1.807, 2.05) is 36.4 Å². The molecule has 116 valence electrons. The number of halogens is 1. The number of thiophene rings is 1. The second-order valence-corrected chi connectivity index (χ2v) is 6.53. The first-order chi connectivity index (χ1) is 10.5. The molecule has 0 aliphatic rings. The van der Waals surface area contributed by atoms with Crippen LogP contribution in [0.3, 0.4) is 0 Å². The largest absolute Gasteiger partial charge is 0.350 e. The van der Waals surface area contributed by atoms with Crippen LogP contribution in [0.2, 0.25) is 5.02 Å². The van der Waals surface area contributed by atoms with Gasteiger partial charge in [-0.3, -0.25) is 5.21 Å². The van der Waals surface area contributed by atoms with Gasteiger partial charge in [-0.2, -0.15) is 5.06 Å². The molecule has 0 aliphatic heterocycles. The Morgan fingerprint density at radius 3 is 2.68 bits per heavy atom. The summed E-state index contributed by atoms with van der Waals surface area (Å²) in [6.07, 6.45) is 4.44. The molecule has 22 heavy (non-hydrogen) atoms. The highest BCUT2D eigenvalue weighted by Gasteiger charge is 2.11. The summed E-state index contributed by atoms with van der Waals surface area (Å²) in [4.78, 5) is 13.1. The molecule has 0 saturated heterocycles. The lowest BCUT2D eigenvalue weighted by Gasteiger charge is -2.16. The van der Waals surface area contributed by atoms with E-state index in [1.54, 1.807) is 24.3 Å². The van der Waals surface area contributed by atoms with E-state index < -0.39 is 12.1 Å². The first kappa shape index (κ1) is 16.5. The van der Waals surface area contributed by atoms with Crippen molar-refractivity contribution in [2.45, 2.75) is 19.4 Å². The average molecular weight is 337 g/mol. The number of hydrogen-bond donors (Lipinski definition) is 2. The van der Waals surface area contributed by atoms with E-state index >= 15 is 0 Å². The van der Waals surface area contributed by atoms with Gasteiger partial charge in [0.2, 0.25) is 0 Å². The molecule has 2 aromatic rings. The number of carbonyl (C=O) groups is 1. The molecule has 1 aromatic heterocycles. The van der Waals surface area contributed by atoms with Crippen LogP contribution in [0.4, 0.5) is 4.79 Å². The van der Waals surface area contributed by atoms with Gasteiger partial charge in [-0.05, 0) is 42.8 Å². The van der Waals surface area contributed by atoms with E-state index in [0.29, 0.717) is 5.06 Å². The molecular formula is C16H17ClN2O2S. The van der Waals surface area contributed by atoms with Crippen LogP contribution < -0.4 is 5.73 Å². The summed E-state index contributed by atoms with van der Waals surface area (Å²) in [7, 11) is 0. The fourth-order valence-corrected chi connectivity index (χ4v) is 2.99. The minimum absolute atomic E-state index is 0.473. The molecule has 2 amide bonds. The Hall–Kier alpha value is -1.82. The van der Waals surface area contributed by atoms with Crippen LogP contribution in [0.25, 0.3) is 6.08 Å². The zero-order chi connectivity index (χ0) is 16.1. The van der Waals surface area contributed by atoms with Gasteiger partial charge >= 0.3 is 6.03 Å². The molecule has 0 saturated carbocycles. The number of carbonyl (C=O) groups excluding carboxylic acids is 1. The van der Waals surface area contributed by atoms with Crippen molar-refractivity contribution in [1.82, 2.24) is 5.06 Å². The van der Waals surface area contributed by atoms with Gasteiger partial charge < -0.3 is 5.73 Å². The molecule has 0 fully saturated rings. The zero-order valence-corrected chi connectivity index (χ0v) is 13.6. The van der Waals surface area contributed by atoms with E-state index in [-0.39, 0.29) is 0 Å². The maximum Gasteiger partial charge on any atom is 0.339 e. The number of primary amides is 1. The van der Waals surface area contributed by atoms with Crippen LogP contribution in [0.15, 0.2) is 42.5 Å². The average Bonchev–Trinajstić information content (AvgIpc) is 2.94. The Balaban J connectivity index is 1.99. The van der Waals surface area contributed by atoms with Crippen molar-refractivity contribution in [2.75, 3.05) is 0 Å². The maximum absolute atomic E-state index is 10.8. The molecule has 0 aliphatic carbocycles. The summed E-state index contributed by atoms with van der Waals surface area (Å²) >= 11 is 7.53. The molecular weight excluding hydrogens is 320 g/mol. The van der Waals surface area contributed by atoms with Gasteiger partial charge in [-0.15, -0.1) is 11.3 Å². The number of hydroxylamine groups is 2. The van der Waals surface area contributed by atoms with Crippen molar-refractivity contribution < 1.29 is 10.0 Å². The van der Waals surface area contributed by atoms with E-state index in [2.05, 4.69) is 6.07 Å². The lowest BCUT2D eigenvalue weighted by Crippen LogP contribution is -2.38. The molecule has 2 rings (SSSR count). The fourth-order valence-electron chi connectivity index (χ4n) is 1.90. The molecule has 0 spiro atoms. The van der Waals surface area contributed by atoms with Crippen molar-refractivity contribution in [3.05, 3.63) is 62.8 Å². The third-order valence-electron chi connectivity index (χ3n) is 3.12. The Morgan fingerprint density at radius 1 is 1.36 bits per heavy atom. The minimum atomic E-state index is -0.869. The lowest BCUT2D eigenvalue weighted by atomic mass is 10.1. The molecule has 1 heterocycles. The van der Waals surface area contributed by atoms with E-state index in [0.717, 1.165) is 16.3 Å². The van der Waals surface area contributed by atoms with Gasteiger partial charge in [0.25, 0.3) is 0 Å². The molecule has 0 bridgehead atoms. The summed E-state index contributed by atoms with van der Waals surface area (Å²) in [5.74, 6) is 0. The normalized spacial score (nSPS) is 12.5. The van der Waals surface area contributed by atoms with E-state index in [1.165, 1.54) is 10.4 Å². The number of rotatable bonds is 5. The van der Waals surface area contributed by atoms with Crippen molar-refractivity contribution in [3.8, 4) is 0 Å². The summed E-state index contributed by atoms with van der Waals surface area (Å²) < 4.78 is 0. The van der Waals surface area contributed by atoms with Gasteiger partial charge in [-0.25, -0.2) is 4.79 Å². The summed E-state index contributed by atoms with van der Waals surface area (Å²) in [6.45, 7) is 1.68. The third kappa shape index (κ3) is 4.59. The predicted molar refractivity (Wildman–Crippen MR) is 90.3 cm³/mol. The number of amides is 2. The predicted octanol–water partition coefficient (Wildman–Crippen LogP) is 4.16. The van der Waals surface area contributed by atoms with Crippen molar-refractivity contribution in [2.24, 2.45) is 5.73 Å². The standard InChI is InChI=1S/C16H17ClN2O2S/c1-11(19(21)16(18)20)2-7-14-8-9-15(22-14)10-12-3-5-13(17)6-4-12/h2-9,11,21H,10H2,1H3,(H2,18,20)/t11-/m1/s1. The monoisotopic (exact) mass is 336 g/mol. The molecule has 1 aromatic carbocycles. The van der Waals surface area contributed by atoms with Crippen molar-refractivity contribution in [1.29, 1.82) is 0 Å². The lowest BCUT2D eigenvalue weighted by molar-refractivity contribution is -0.0560. The molecule has 3 N–H and O–H groups in total. The minimum Gasteiger partial charge on any atom is -0.350 e. The second-order valence-electron chi connectivity index (χ2n) is 4.89. The first-order valence-electron chi connectivity index (χ1n) is 6.74. The van der Waals surface area contributed by atoms with Gasteiger partial charge in [0.15, 0.2) is 0 Å². The zero-order valence-electron chi connectivity index (χ0n) is 12.1. The summed E-state index contributed by atoms with van der Waals surface area (Å²) in [5.41, 5.74) is 6.20. The van der Waals surface area contributed by atoms with Crippen LogP contribution in [0.5, 0.6) is 0 Å². The van der Waals surface area contributed by atoms with Crippen molar-refractivity contribution in [3.63, 3.8) is 0 Å². The van der Waals surface area contributed by atoms with Crippen LogP contribution in [0.1, 0.15) is 22.2 Å². The Bertz CT molecular complexity index is 667. The van der Waals surface area contributed by atoms with Gasteiger partial charge in [0.05, 0.1) is 6.04 Å². The number of hydrogen-bond acceptors (Lipinski definition) is 3. The number of nitrogens with two attached hydrogens (primary N) is 1. The maximum atomic E-state index is 10.8. The number of benzene rings is 1. The first-order valence-corrected chi connectivity index (χ1v) is 7.94. The van der Waals surface area contributed by atoms with Crippen LogP contribution in [0, 0.1) is 0 Å². The fraction of sp³-hybridized carbons (Fsp3) is 0.188. The third-order valence-corrected chi connectivity index (χ3v) is 4.43. The molecule has 0 unspecified atom stereocenters. The Kier molecular flexibility index (Phi) is 5.60. The topological polar surface area (TPSA) is 66.6 Å². The van der Waals surface area contributed by atoms with E-state index in [4.69, 9.17) is 17.3 Å². The molecule has 0 radical (unpaired) electrons. The van der Waals surface area contributed by atoms with Gasteiger partial charge in [0.1, 0.15) is 0 Å². The number of urea groups is 1. The van der Waals surface area contributed by atoms with Crippen LogP contribution in [-0.4, -0.2) is 22.3 Å². The van der Waals surface area contributed by atoms with Gasteiger partial charge in [0, 0.05) is 21.2 Å². The number of nitrogens with zero attached hydrogens (tertiary/aromatic N) is 1. The van der Waals surface area contributed by atoms with E-state index in [9.17, 15) is 10.0 Å². The van der Waals surface area contributed by atoms with Crippen molar-refractivity contribution >= 4 is 35.0 Å². The van der Waals surface area contributed by atoms with Crippen LogP contribution >= 0.6 is 22.9 Å². The highest BCUT2D eigenvalue weighted by molar-refractivity contribution is 7.12. The smallest absolute Gasteiger partial charge is 0.339 e. The SMILES string of the molecule is C[C@H](C=Cc1ccc(Cc2ccc(Cl)cc2)s1)N(O)C(N)=O. The molecule has 4 nitrogen and oxygen atoms in total. The van der Waals surface area contributed by atoms with Gasteiger partial charge in [-0.1, -0.05) is 29.8 Å². The summed E-state index contributed by atoms with van der Waals surface area (Å²) in [5, 5.41) is 10.6. The Morgan fingerprint density at radius 2 is 2.05 bits per heavy atom. The quantitative estimate of drug-likeness (QED) is 0.635. The highest BCUT2D eigenvalue weighted by Crippen LogP contribution is 2.22. The Labute approximate surface area is 138 Å². The van der Waals surface area contributed by atoms with Crippen LogP contribution in [-0.2, 0) is 6.42 Å². The second kappa shape index (κ2) is 7.45.